The van der Waals surface area contributed by atoms with Crippen LogP contribution in [0.5, 0.6) is 0 Å². The van der Waals surface area contributed by atoms with Gasteiger partial charge in [-0.25, -0.2) is 0 Å². The monoisotopic (exact) mass is 227 g/mol. The molecule has 0 spiro atoms. The summed E-state index contributed by atoms with van der Waals surface area (Å²) in [5, 5.41) is 3.44. The van der Waals surface area contributed by atoms with Crippen LogP contribution in [0.3, 0.4) is 0 Å². The zero-order valence-corrected chi connectivity index (χ0v) is 10.8. The van der Waals surface area contributed by atoms with Crippen molar-refractivity contribution in [2.24, 2.45) is 5.92 Å². The van der Waals surface area contributed by atoms with Crippen molar-refractivity contribution in [1.82, 2.24) is 15.1 Å². The molecule has 3 unspecified atom stereocenters. The summed E-state index contributed by atoms with van der Waals surface area (Å²) >= 11 is 0. The summed E-state index contributed by atoms with van der Waals surface area (Å²) in [5.74, 6) is 0.755. The molecule has 2 fully saturated rings. The van der Waals surface area contributed by atoms with Crippen LogP contribution in [0.4, 0.5) is 0 Å². The largest absolute Gasteiger partial charge is 0.374 e. The minimum Gasteiger partial charge on any atom is -0.374 e. The molecule has 2 heterocycles. The Labute approximate surface area is 98.9 Å². The average molecular weight is 227 g/mol. The molecule has 4 nitrogen and oxygen atoms in total. The fourth-order valence-corrected chi connectivity index (χ4v) is 3.11. The molecule has 4 heteroatoms. The van der Waals surface area contributed by atoms with Crippen LogP contribution >= 0.6 is 0 Å². The van der Waals surface area contributed by atoms with Gasteiger partial charge in [-0.05, 0) is 40.0 Å². The van der Waals surface area contributed by atoms with Crippen LogP contribution in [0, 0.1) is 5.92 Å². The lowest BCUT2D eigenvalue weighted by molar-refractivity contribution is -0.0367. The molecule has 0 aromatic carbocycles. The first-order valence-electron chi connectivity index (χ1n) is 6.36. The Morgan fingerprint density at radius 2 is 2.25 bits per heavy atom. The summed E-state index contributed by atoms with van der Waals surface area (Å²) in [6, 6.07) is 0.553. The third-order valence-corrected chi connectivity index (χ3v) is 3.84. The van der Waals surface area contributed by atoms with E-state index >= 15 is 0 Å². The summed E-state index contributed by atoms with van der Waals surface area (Å²) in [5.41, 5.74) is 0. The number of hydrogen-bond donors (Lipinski definition) is 1. The van der Waals surface area contributed by atoms with Gasteiger partial charge in [-0.3, -0.25) is 0 Å². The fourth-order valence-electron chi connectivity index (χ4n) is 3.11. The second-order valence-electron chi connectivity index (χ2n) is 5.38. The minimum atomic E-state index is 0.361. The third-order valence-electron chi connectivity index (χ3n) is 3.84. The molecule has 16 heavy (non-hydrogen) atoms. The first-order valence-corrected chi connectivity index (χ1v) is 6.36. The highest BCUT2D eigenvalue weighted by Gasteiger charge is 2.35. The van der Waals surface area contributed by atoms with E-state index in [1.54, 1.807) is 0 Å². The van der Waals surface area contributed by atoms with Crippen molar-refractivity contribution < 1.29 is 4.74 Å². The topological polar surface area (TPSA) is 27.7 Å². The van der Waals surface area contributed by atoms with Gasteiger partial charge in [0.25, 0.3) is 0 Å². The van der Waals surface area contributed by atoms with E-state index in [1.807, 2.05) is 0 Å². The van der Waals surface area contributed by atoms with Gasteiger partial charge in [0.1, 0.15) is 0 Å². The van der Waals surface area contributed by atoms with E-state index in [1.165, 1.54) is 19.5 Å². The quantitative estimate of drug-likeness (QED) is 0.726. The molecule has 2 aliphatic heterocycles. The molecule has 0 amide bonds. The number of ether oxygens (including phenoxy) is 1. The van der Waals surface area contributed by atoms with Crippen LogP contribution in [0.15, 0.2) is 0 Å². The molecule has 2 rings (SSSR count). The molecule has 0 bridgehead atoms. The van der Waals surface area contributed by atoms with E-state index in [9.17, 15) is 0 Å². The normalized spacial score (nSPS) is 34.5. The van der Waals surface area contributed by atoms with Crippen molar-refractivity contribution in [2.45, 2.75) is 18.6 Å². The lowest BCUT2D eigenvalue weighted by Crippen LogP contribution is -2.53. The summed E-state index contributed by atoms with van der Waals surface area (Å²) in [6.45, 7) is 5.31. The van der Waals surface area contributed by atoms with Gasteiger partial charge in [0.05, 0.1) is 12.7 Å². The Kier molecular flexibility index (Phi) is 4.19. The number of rotatable bonds is 3. The molecule has 0 aliphatic carbocycles. The number of morpholine rings is 1. The SMILES string of the molecule is CN1CCC(C(C2CNCCO2)N(C)C)C1. The number of likely N-dealkylation sites (tertiary alicyclic amines) is 1. The summed E-state index contributed by atoms with van der Waals surface area (Å²) in [6.07, 6.45) is 1.67. The van der Waals surface area contributed by atoms with Crippen molar-refractivity contribution in [3.05, 3.63) is 0 Å². The third kappa shape index (κ3) is 2.74. The van der Waals surface area contributed by atoms with Gasteiger partial charge in [-0.2, -0.15) is 0 Å². The minimum absolute atomic E-state index is 0.361. The smallest absolute Gasteiger partial charge is 0.0857 e. The van der Waals surface area contributed by atoms with Crippen LogP contribution < -0.4 is 5.32 Å². The lowest BCUT2D eigenvalue weighted by atomic mass is 9.92. The van der Waals surface area contributed by atoms with Gasteiger partial charge in [0, 0.05) is 25.7 Å². The molecule has 3 atom stereocenters. The second kappa shape index (κ2) is 5.45. The molecular formula is C12H25N3O. The second-order valence-corrected chi connectivity index (χ2v) is 5.38. The van der Waals surface area contributed by atoms with Gasteiger partial charge >= 0.3 is 0 Å². The Balaban J connectivity index is 1.98. The van der Waals surface area contributed by atoms with Crippen molar-refractivity contribution in [3.63, 3.8) is 0 Å². The van der Waals surface area contributed by atoms with Gasteiger partial charge in [0.2, 0.25) is 0 Å². The Hall–Kier alpha value is -0.160. The van der Waals surface area contributed by atoms with Crippen LogP contribution in [0.25, 0.3) is 0 Å². The Morgan fingerprint density at radius 3 is 2.75 bits per heavy atom. The van der Waals surface area contributed by atoms with E-state index in [0.717, 1.165) is 25.6 Å². The first kappa shape index (κ1) is 12.3. The number of nitrogens with zero attached hydrogens (tertiary/aromatic N) is 2. The van der Waals surface area contributed by atoms with Crippen molar-refractivity contribution in [1.29, 1.82) is 0 Å². The predicted molar refractivity (Wildman–Crippen MR) is 65.7 cm³/mol. The molecule has 0 aromatic heterocycles. The van der Waals surface area contributed by atoms with E-state index < -0.39 is 0 Å². The molecule has 2 aliphatic rings. The fraction of sp³-hybridized carbons (Fsp3) is 1.00. The number of likely N-dealkylation sites (N-methyl/N-ethyl adjacent to an activating group) is 1. The van der Waals surface area contributed by atoms with Gasteiger partial charge in [-0.15, -0.1) is 0 Å². The number of hydrogen-bond acceptors (Lipinski definition) is 4. The van der Waals surface area contributed by atoms with Gasteiger partial charge < -0.3 is 19.9 Å². The molecule has 1 N–H and O–H groups in total. The van der Waals surface area contributed by atoms with E-state index in [2.05, 4.69) is 36.3 Å². The molecule has 2 saturated heterocycles. The van der Waals surface area contributed by atoms with Crippen LogP contribution in [0.2, 0.25) is 0 Å². The van der Waals surface area contributed by atoms with Crippen molar-refractivity contribution in [3.8, 4) is 0 Å². The molecule has 0 radical (unpaired) electrons. The zero-order valence-electron chi connectivity index (χ0n) is 10.8. The highest BCUT2D eigenvalue weighted by Crippen LogP contribution is 2.25. The molecule has 0 aromatic rings. The standard InChI is InChI=1S/C12H25N3O/c1-14(2)12(10-4-6-15(3)9-10)11-8-13-5-7-16-11/h10-13H,4-9H2,1-3H3. The van der Waals surface area contributed by atoms with Gasteiger partial charge in [-0.1, -0.05) is 0 Å². The molecular weight excluding hydrogens is 202 g/mol. The highest BCUT2D eigenvalue weighted by atomic mass is 16.5. The van der Waals surface area contributed by atoms with Crippen molar-refractivity contribution >= 4 is 0 Å². The maximum absolute atomic E-state index is 5.93. The summed E-state index contributed by atoms with van der Waals surface area (Å²) in [7, 11) is 6.58. The lowest BCUT2D eigenvalue weighted by Gasteiger charge is -2.38. The van der Waals surface area contributed by atoms with Gasteiger partial charge in [0.15, 0.2) is 0 Å². The van der Waals surface area contributed by atoms with Crippen LogP contribution in [-0.2, 0) is 4.74 Å². The van der Waals surface area contributed by atoms with Crippen molar-refractivity contribution in [2.75, 3.05) is 53.9 Å². The van der Waals surface area contributed by atoms with E-state index in [0.29, 0.717) is 12.1 Å². The molecule has 94 valence electrons. The summed E-state index contributed by atoms with van der Waals surface area (Å²) in [4.78, 5) is 4.78. The van der Waals surface area contributed by atoms with E-state index in [4.69, 9.17) is 4.74 Å². The highest BCUT2D eigenvalue weighted by molar-refractivity contribution is 4.91. The van der Waals surface area contributed by atoms with Crippen LogP contribution in [-0.4, -0.2) is 75.9 Å². The van der Waals surface area contributed by atoms with Crippen LogP contribution in [0.1, 0.15) is 6.42 Å². The molecule has 0 saturated carbocycles. The Morgan fingerprint density at radius 1 is 1.44 bits per heavy atom. The summed E-state index contributed by atoms with van der Waals surface area (Å²) < 4.78 is 5.93. The predicted octanol–water partition coefficient (Wildman–Crippen LogP) is -0.143. The zero-order chi connectivity index (χ0) is 11.5. The first-order chi connectivity index (χ1) is 7.68. The number of nitrogens with one attached hydrogen (secondary N) is 1. The Bertz CT molecular complexity index is 212. The maximum atomic E-state index is 5.93. The maximum Gasteiger partial charge on any atom is 0.0857 e. The van der Waals surface area contributed by atoms with E-state index in [-0.39, 0.29) is 0 Å². The average Bonchev–Trinajstić information content (AvgIpc) is 2.66.